The molecule has 2 rings (SSSR count). The number of hydrogen-bond donors (Lipinski definition) is 4. The Morgan fingerprint density at radius 3 is 1.04 bits per heavy atom. The third-order valence-corrected chi connectivity index (χ3v) is 1.92. The van der Waals surface area contributed by atoms with E-state index in [2.05, 4.69) is 12.2 Å². The maximum Gasteiger partial charge on any atom is 1.00 e. The molecular formula is C12H8Au4N4O4. The SMILES string of the molecule is [Au+].[Au+].[Au+].[Au+].[NH-]C1=[C+]C([NH-])=C(O)[C-]=C1O.[NH-]C1=[C+]C([NH-])=C(O)[C-]=C1O. The third kappa shape index (κ3) is 9.19. The first kappa shape index (κ1) is 31.4. The number of aliphatic hydroxyl groups is 4. The van der Waals surface area contributed by atoms with Gasteiger partial charge >= 0.3 is 89.5 Å². The molecule has 0 aromatic carbocycles. The summed E-state index contributed by atoms with van der Waals surface area (Å²) < 4.78 is 0. The summed E-state index contributed by atoms with van der Waals surface area (Å²) in [6.07, 6.45) is 8.24. The van der Waals surface area contributed by atoms with Crippen LogP contribution in [0.5, 0.6) is 0 Å². The van der Waals surface area contributed by atoms with Gasteiger partial charge in [-0.05, 0) is 22.8 Å². The van der Waals surface area contributed by atoms with Gasteiger partial charge in [-0.2, -0.15) is 0 Å². The molecule has 0 aliphatic heterocycles. The van der Waals surface area contributed by atoms with Crippen LogP contribution in [-0.2, 0) is 89.5 Å². The van der Waals surface area contributed by atoms with Crippen LogP contribution in [0.1, 0.15) is 0 Å². The fourth-order valence-electron chi connectivity index (χ4n) is 0.961. The van der Waals surface area contributed by atoms with Crippen LogP contribution in [-0.4, -0.2) is 20.4 Å². The molecule has 8 nitrogen and oxygen atoms in total. The second-order valence-corrected chi connectivity index (χ2v) is 3.39. The van der Waals surface area contributed by atoms with E-state index in [9.17, 15) is 0 Å². The van der Waals surface area contributed by atoms with E-state index in [1.165, 1.54) is 0 Å². The van der Waals surface area contributed by atoms with Crippen molar-refractivity contribution in [2.45, 2.75) is 0 Å². The van der Waals surface area contributed by atoms with E-state index in [0.29, 0.717) is 0 Å². The van der Waals surface area contributed by atoms with Crippen LogP contribution in [0.4, 0.5) is 0 Å². The van der Waals surface area contributed by atoms with Crippen molar-refractivity contribution in [3.05, 3.63) is 93.1 Å². The van der Waals surface area contributed by atoms with Crippen molar-refractivity contribution in [3.8, 4) is 0 Å². The molecule has 144 valence electrons. The molecule has 0 bridgehead atoms. The zero-order valence-electron chi connectivity index (χ0n) is 11.0. The molecule has 0 amide bonds. The van der Waals surface area contributed by atoms with Gasteiger partial charge < -0.3 is 43.4 Å². The second-order valence-electron chi connectivity index (χ2n) is 3.39. The van der Waals surface area contributed by atoms with Crippen LogP contribution in [0, 0.1) is 24.3 Å². The molecule has 0 fully saturated rings. The van der Waals surface area contributed by atoms with E-state index < -0.39 is 23.0 Å². The molecule has 0 heterocycles. The molecule has 0 aromatic rings. The predicted molar refractivity (Wildman–Crippen MR) is 68.9 cm³/mol. The van der Waals surface area contributed by atoms with Gasteiger partial charge in [0.25, 0.3) is 0 Å². The zero-order valence-corrected chi connectivity index (χ0v) is 19.7. The predicted octanol–water partition coefficient (Wildman–Crippen LogP) is 3.60. The summed E-state index contributed by atoms with van der Waals surface area (Å²) in [6.45, 7) is 0. The molecule has 0 atom stereocenters. The van der Waals surface area contributed by atoms with Gasteiger partial charge in [-0.25, -0.2) is 0 Å². The van der Waals surface area contributed by atoms with Crippen LogP contribution in [0.2, 0.25) is 0 Å². The van der Waals surface area contributed by atoms with Gasteiger partial charge in [-0.1, -0.05) is 0 Å². The molecule has 0 spiro atoms. The van der Waals surface area contributed by atoms with Crippen LogP contribution >= 0.6 is 0 Å². The summed E-state index contributed by atoms with van der Waals surface area (Å²) in [7, 11) is 0. The molecular weight excluding hydrogens is 1050 g/mol. The maximum absolute atomic E-state index is 8.71. The van der Waals surface area contributed by atoms with Gasteiger partial charge in [0.2, 0.25) is 0 Å². The van der Waals surface area contributed by atoms with E-state index in [4.69, 9.17) is 43.4 Å². The molecule has 0 unspecified atom stereocenters. The summed E-state index contributed by atoms with van der Waals surface area (Å²) in [5, 5.41) is 34.8. The Morgan fingerprint density at radius 2 is 0.833 bits per heavy atom. The topological polar surface area (TPSA) is 176 Å². The van der Waals surface area contributed by atoms with Gasteiger partial charge in [0, 0.05) is 12.2 Å². The van der Waals surface area contributed by atoms with Gasteiger partial charge in [0.1, 0.15) is 23.0 Å². The van der Waals surface area contributed by atoms with E-state index >= 15 is 0 Å². The zero-order chi connectivity index (χ0) is 15.4. The van der Waals surface area contributed by atoms with E-state index in [-0.39, 0.29) is 112 Å². The van der Waals surface area contributed by atoms with Crippen LogP contribution in [0.15, 0.2) is 45.8 Å². The quantitative estimate of drug-likeness (QED) is 0.215. The van der Waals surface area contributed by atoms with Crippen molar-refractivity contribution in [2.75, 3.05) is 0 Å². The molecule has 0 radical (unpaired) electrons. The summed E-state index contributed by atoms with van der Waals surface area (Å²) in [6, 6.07) is 0. The Labute approximate surface area is 201 Å². The largest absolute Gasteiger partial charge is 1.00 e. The Balaban J connectivity index is -0.000000143. The van der Waals surface area contributed by atoms with Crippen LogP contribution in [0.3, 0.4) is 0 Å². The number of rotatable bonds is 0. The van der Waals surface area contributed by atoms with Gasteiger partial charge in [-0.15, -0.1) is 12.2 Å². The minimum Gasteiger partial charge on any atom is -0.724 e. The van der Waals surface area contributed by atoms with Crippen LogP contribution in [0.25, 0.3) is 22.9 Å². The Morgan fingerprint density at radius 1 is 0.583 bits per heavy atom. The summed E-state index contributed by atoms with van der Waals surface area (Å²) in [5.74, 6) is -1.97. The Bertz CT molecular complexity index is 519. The van der Waals surface area contributed by atoms with Crippen molar-refractivity contribution in [1.82, 2.24) is 0 Å². The Hall–Kier alpha value is -0.379. The minimum atomic E-state index is -0.492. The van der Waals surface area contributed by atoms with Gasteiger partial charge in [0.05, 0.1) is 0 Å². The molecule has 0 saturated heterocycles. The van der Waals surface area contributed by atoms with Crippen molar-refractivity contribution in [1.29, 1.82) is 0 Å². The molecule has 0 saturated carbocycles. The molecule has 0 aromatic heterocycles. The number of hydrogen-bond acceptors (Lipinski definition) is 4. The van der Waals surface area contributed by atoms with Crippen molar-refractivity contribution < 1.29 is 110 Å². The van der Waals surface area contributed by atoms with E-state index in [1.54, 1.807) is 0 Å². The summed E-state index contributed by atoms with van der Waals surface area (Å²) >= 11 is 0. The smallest absolute Gasteiger partial charge is 0.724 e. The molecule has 2 aliphatic carbocycles. The standard InChI is InChI=1S/2C6H4N2O2.4Au/c2*7-3-1-4(8)6(10)2-5(3)9;;;;/h2*7-10H;;;;/q2*-2;4*+1. The normalized spacial score (nSPS) is 14.7. The molecule has 12 heteroatoms. The first-order valence-electron chi connectivity index (χ1n) is 4.89. The third-order valence-electron chi connectivity index (χ3n) is 1.92. The first-order chi connectivity index (χ1) is 9.22. The van der Waals surface area contributed by atoms with E-state index in [0.717, 1.165) is 0 Å². The summed E-state index contributed by atoms with van der Waals surface area (Å²) in [4.78, 5) is 0. The molecule has 8 N–H and O–H groups in total. The van der Waals surface area contributed by atoms with Crippen molar-refractivity contribution in [3.63, 3.8) is 0 Å². The minimum absolute atomic E-state index is 0. The second kappa shape index (κ2) is 13.9. The Kier molecular flexibility index (Phi) is 18.1. The monoisotopic (exact) mass is 1060 g/mol. The van der Waals surface area contributed by atoms with Crippen molar-refractivity contribution in [2.24, 2.45) is 0 Å². The fourth-order valence-corrected chi connectivity index (χ4v) is 0.961. The van der Waals surface area contributed by atoms with Gasteiger partial charge in [-0.3, -0.25) is 0 Å². The number of nitrogens with one attached hydrogen (secondary N) is 4. The van der Waals surface area contributed by atoms with Crippen molar-refractivity contribution >= 4 is 0 Å². The maximum atomic E-state index is 8.71. The number of aliphatic hydroxyl groups excluding tert-OH is 4. The number of allylic oxidation sites excluding steroid dienone is 4. The average molecular weight is 1060 g/mol. The van der Waals surface area contributed by atoms with E-state index in [1.807, 2.05) is 12.2 Å². The average Bonchev–Trinajstić information content (AvgIpc) is 2.35. The molecule has 24 heavy (non-hydrogen) atoms. The fraction of sp³-hybridized carbons (Fsp3) is 0. The van der Waals surface area contributed by atoms with Gasteiger partial charge in [0.15, 0.2) is 0 Å². The van der Waals surface area contributed by atoms with Crippen LogP contribution < -0.4 is 0 Å². The first-order valence-corrected chi connectivity index (χ1v) is 4.89. The summed E-state index contributed by atoms with van der Waals surface area (Å²) in [5.41, 5.74) is 26.2. The molecule has 2 aliphatic rings.